The van der Waals surface area contributed by atoms with E-state index in [0.717, 1.165) is 36.2 Å². The van der Waals surface area contributed by atoms with E-state index in [2.05, 4.69) is 0 Å². The van der Waals surface area contributed by atoms with Crippen LogP contribution in [0.4, 0.5) is 13.2 Å². The molecule has 0 aliphatic heterocycles. The Balaban J connectivity index is 2.18. The van der Waals surface area contributed by atoms with Gasteiger partial charge in [0.2, 0.25) is 5.60 Å². The van der Waals surface area contributed by atoms with Crippen molar-refractivity contribution in [3.8, 4) is 11.1 Å². The predicted octanol–water partition coefficient (Wildman–Crippen LogP) is 4.66. The zero-order valence-electron chi connectivity index (χ0n) is 15.9. The fraction of sp³-hybridized carbons (Fsp3) is 0.130. The molecule has 4 nitrogen and oxygen atoms in total. The third-order valence-corrected chi connectivity index (χ3v) is 4.64. The molecule has 0 aliphatic rings. The third kappa shape index (κ3) is 4.05. The van der Waals surface area contributed by atoms with Crippen molar-refractivity contribution < 1.29 is 27.5 Å². The minimum Gasteiger partial charge on any atom is -0.439 e. The Kier molecular flexibility index (Phi) is 5.64. The molecule has 0 aromatic heterocycles. The van der Waals surface area contributed by atoms with E-state index in [9.17, 15) is 22.8 Å². The topological polar surface area (TPSA) is 69.4 Å². The Labute approximate surface area is 171 Å². The number of nitrogens with two attached hydrogens (primary N) is 1. The molecule has 0 aliphatic carbocycles. The molecule has 1 unspecified atom stereocenters. The van der Waals surface area contributed by atoms with Gasteiger partial charge in [0, 0.05) is 18.1 Å². The number of hydrogen-bond donors (Lipinski definition) is 1. The minimum absolute atomic E-state index is 0.143. The van der Waals surface area contributed by atoms with Crippen molar-refractivity contribution in [1.29, 1.82) is 0 Å². The summed E-state index contributed by atoms with van der Waals surface area (Å²) in [6.45, 7) is 1.06. The number of amides is 1. The highest BCUT2D eigenvalue weighted by molar-refractivity contribution is 5.91. The molecule has 3 aromatic rings. The van der Waals surface area contributed by atoms with Crippen LogP contribution in [0.25, 0.3) is 11.1 Å². The smallest absolute Gasteiger partial charge is 0.416 e. The number of halogens is 3. The van der Waals surface area contributed by atoms with Gasteiger partial charge in [-0.2, -0.15) is 13.2 Å². The summed E-state index contributed by atoms with van der Waals surface area (Å²) in [5, 5.41) is 0. The third-order valence-electron chi connectivity index (χ3n) is 4.64. The number of primary amides is 1. The molecule has 0 fully saturated rings. The summed E-state index contributed by atoms with van der Waals surface area (Å²) < 4.78 is 45.0. The van der Waals surface area contributed by atoms with Crippen molar-refractivity contribution in [2.45, 2.75) is 18.7 Å². The Bertz CT molecular complexity index is 1060. The molecule has 3 aromatic carbocycles. The number of benzene rings is 3. The lowest BCUT2D eigenvalue weighted by Crippen LogP contribution is -2.46. The van der Waals surface area contributed by atoms with Crippen LogP contribution >= 0.6 is 0 Å². The van der Waals surface area contributed by atoms with Gasteiger partial charge in [0.25, 0.3) is 5.91 Å². The van der Waals surface area contributed by atoms with E-state index >= 15 is 0 Å². The molecule has 0 radical (unpaired) electrons. The summed E-state index contributed by atoms with van der Waals surface area (Å²) in [6, 6.07) is 19.8. The number of rotatable bonds is 5. The van der Waals surface area contributed by atoms with E-state index in [1.165, 1.54) is 18.2 Å². The van der Waals surface area contributed by atoms with Gasteiger partial charge in [0.1, 0.15) is 0 Å². The average Bonchev–Trinajstić information content (AvgIpc) is 2.72. The average molecular weight is 413 g/mol. The lowest BCUT2D eigenvalue weighted by molar-refractivity contribution is -0.162. The molecule has 1 atom stereocenters. The number of carbonyl (C=O) groups is 2. The molecule has 0 spiro atoms. The van der Waals surface area contributed by atoms with Crippen LogP contribution < -0.4 is 5.73 Å². The molecule has 3 rings (SSSR count). The molecular weight excluding hydrogens is 395 g/mol. The molecule has 30 heavy (non-hydrogen) atoms. The predicted molar refractivity (Wildman–Crippen MR) is 105 cm³/mol. The van der Waals surface area contributed by atoms with Crippen LogP contribution in [0.1, 0.15) is 23.6 Å². The second-order valence-electron chi connectivity index (χ2n) is 6.66. The first kappa shape index (κ1) is 21.1. The SMILES string of the molecule is CC(=O)OC(C(N)=O)(c1ccc(-c2ccccc2)cc1)c1cccc(C(F)(F)F)c1. The highest BCUT2D eigenvalue weighted by Gasteiger charge is 2.45. The van der Waals surface area contributed by atoms with Gasteiger partial charge in [-0.05, 0) is 23.3 Å². The monoisotopic (exact) mass is 413 g/mol. The molecular formula is C23H18F3NO3. The van der Waals surface area contributed by atoms with Crippen LogP contribution in [0.2, 0.25) is 0 Å². The Morgan fingerprint density at radius 1 is 0.767 bits per heavy atom. The van der Waals surface area contributed by atoms with Crippen LogP contribution in [0.15, 0.2) is 78.9 Å². The van der Waals surface area contributed by atoms with Gasteiger partial charge in [-0.1, -0.05) is 66.7 Å². The first-order chi connectivity index (χ1) is 14.1. The molecule has 0 saturated carbocycles. The van der Waals surface area contributed by atoms with Crippen molar-refractivity contribution in [2.24, 2.45) is 5.73 Å². The van der Waals surface area contributed by atoms with Crippen molar-refractivity contribution >= 4 is 11.9 Å². The van der Waals surface area contributed by atoms with Crippen molar-refractivity contribution in [1.82, 2.24) is 0 Å². The second-order valence-corrected chi connectivity index (χ2v) is 6.66. The molecule has 7 heteroatoms. The number of esters is 1. The first-order valence-corrected chi connectivity index (χ1v) is 8.98. The lowest BCUT2D eigenvalue weighted by atomic mass is 9.83. The summed E-state index contributed by atoms with van der Waals surface area (Å²) in [5.41, 5.74) is 4.07. The van der Waals surface area contributed by atoms with Gasteiger partial charge >= 0.3 is 12.1 Å². The summed E-state index contributed by atoms with van der Waals surface area (Å²) in [5.74, 6) is -1.97. The largest absolute Gasteiger partial charge is 0.439 e. The summed E-state index contributed by atoms with van der Waals surface area (Å²) >= 11 is 0. The van der Waals surface area contributed by atoms with Crippen LogP contribution in [-0.2, 0) is 26.1 Å². The van der Waals surface area contributed by atoms with E-state index in [-0.39, 0.29) is 11.1 Å². The van der Waals surface area contributed by atoms with E-state index in [0.29, 0.717) is 0 Å². The molecule has 0 saturated heterocycles. The minimum atomic E-state index is -4.65. The van der Waals surface area contributed by atoms with Gasteiger partial charge in [-0.3, -0.25) is 9.59 Å². The van der Waals surface area contributed by atoms with E-state index in [1.807, 2.05) is 30.3 Å². The molecule has 1 amide bonds. The number of ether oxygens (including phenoxy) is 1. The number of hydrogen-bond acceptors (Lipinski definition) is 3. The van der Waals surface area contributed by atoms with Crippen molar-refractivity contribution in [2.75, 3.05) is 0 Å². The van der Waals surface area contributed by atoms with Crippen LogP contribution in [0.3, 0.4) is 0 Å². The van der Waals surface area contributed by atoms with Crippen molar-refractivity contribution in [3.63, 3.8) is 0 Å². The van der Waals surface area contributed by atoms with Crippen LogP contribution in [-0.4, -0.2) is 11.9 Å². The zero-order valence-corrected chi connectivity index (χ0v) is 15.9. The molecule has 2 N–H and O–H groups in total. The number of alkyl halides is 3. The standard InChI is InChI=1S/C23H18F3NO3/c1-15(28)30-22(21(27)29,19-8-5-9-20(14-19)23(24,25)26)18-12-10-17(11-13-18)16-6-3-2-4-7-16/h2-14H,1H3,(H2,27,29). The fourth-order valence-electron chi connectivity index (χ4n) is 3.28. The Morgan fingerprint density at radius 3 is 1.87 bits per heavy atom. The summed E-state index contributed by atoms with van der Waals surface area (Å²) in [6.07, 6.45) is -4.65. The van der Waals surface area contributed by atoms with E-state index < -0.39 is 29.2 Å². The maximum Gasteiger partial charge on any atom is 0.416 e. The van der Waals surface area contributed by atoms with Gasteiger partial charge in [0.05, 0.1) is 5.56 Å². The highest BCUT2D eigenvalue weighted by atomic mass is 19.4. The van der Waals surface area contributed by atoms with Gasteiger partial charge < -0.3 is 10.5 Å². The highest BCUT2D eigenvalue weighted by Crippen LogP contribution is 2.38. The van der Waals surface area contributed by atoms with Gasteiger partial charge in [-0.25, -0.2) is 0 Å². The van der Waals surface area contributed by atoms with E-state index in [1.54, 1.807) is 12.1 Å². The molecule has 154 valence electrons. The van der Waals surface area contributed by atoms with Gasteiger partial charge in [0.15, 0.2) is 0 Å². The Morgan fingerprint density at radius 2 is 1.33 bits per heavy atom. The maximum atomic E-state index is 13.2. The summed E-state index contributed by atoms with van der Waals surface area (Å²) in [7, 11) is 0. The zero-order chi connectivity index (χ0) is 21.9. The van der Waals surface area contributed by atoms with Crippen LogP contribution in [0.5, 0.6) is 0 Å². The van der Waals surface area contributed by atoms with E-state index in [4.69, 9.17) is 10.5 Å². The van der Waals surface area contributed by atoms with Gasteiger partial charge in [-0.15, -0.1) is 0 Å². The fourth-order valence-corrected chi connectivity index (χ4v) is 3.28. The second kappa shape index (κ2) is 8.02. The molecule has 0 heterocycles. The maximum absolute atomic E-state index is 13.2. The Hall–Kier alpha value is -3.61. The normalized spacial score (nSPS) is 13.3. The van der Waals surface area contributed by atoms with Crippen LogP contribution in [0, 0.1) is 0 Å². The first-order valence-electron chi connectivity index (χ1n) is 8.98. The lowest BCUT2D eigenvalue weighted by Gasteiger charge is -2.31. The van der Waals surface area contributed by atoms with Crippen molar-refractivity contribution in [3.05, 3.63) is 95.6 Å². The number of carbonyl (C=O) groups excluding carboxylic acids is 2. The molecule has 0 bridgehead atoms. The summed E-state index contributed by atoms with van der Waals surface area (Å²) in [4.78, 5) is 24.4. The quantitative estimate of drug-likeness (QED) is 0.619.